The number of benzene rings is 2. The largest absolute Gasteiger partial charge is 0.352 e. The maximum absolute atomic E-state index is 13.2. The first-order chi connectivity index (χ1) is 10.5. The van der Waals surface area contributed by atoms with Gasteiger partial charge in [-0.05, 0) is 36.2 Å². The van der Waals surface area contributed by atoms with Crippen LogP contribution in [-0.2, 0) is 6.42 Å². The van der Waals surface area contributed by atoms with Gasteiger partial charge < -0.3 is 5.32 Å². The van der Waals surface area contributed by atoms with E-state index in [0.717, 1.165) is 12.1 Å². The highest BCUT2D eigenvalue weighted by molar-refractivity contribution is 5.94. The van der Waals surface area contributed by atoms with E-state index in [2.05, 4.69) is 5.32 Å². The highest BCUT2D eigenvalue weighted by Crippen LogP contribution is 2.18. The van der Waals surface area contributed by atoms with Gasteiger partial charge in [-0.25, -0.2) is 4.39 Å². The van der Waals surface area contributed by atoms with Crippen LogP contribution in [0.1, 0.15) is 15.9 Å². The first kappa shape index (κ1) is 15.6. The van der Waals surface area contributed by atoms with Crippen LogP contribution in [0.15, 0.2) is 42.5 Å². The fraction of sp³-hybridized carbons (Fsp3) is 0.133. The molecule has 2 aromatic carbocycles. The fourth-order valence-electron chi connectivity index (χ4n) is 1.91. The number of carbonyl (C=O) groups excluding carboxylic acids is 1. The smallest absolute Gasteiger partial charge is 0.305 e. The molecule has 0 atom stereocenters. The maximum Gasteiger partial charge on any atom is 0.305 e. The van der Waals surface area contributed by atoms with Crippen LogP contribution < -0.4 is 5.32 Å². The summed E-state index contributed by atoms with van der Waals surface area (Å²) in [5, 5.41) is 13.2. The topological polar surface area (TPSA) is 72.2 Å². The van der Waals surface area contributed by atoms with Gasteiger partial charge in [-0.3, -0.25) is 14.9 Å². The molecule has 22 heavy (non-hydrogen) atoms. The summed E-state index contributed by atoms with van der Waals surface area (Å²) >= 11 is 0. The molecule has 7 heteroatoms. The Kier molecular flexibility index (Phi) is 4.77. The van der Waals surface area contributed by atoms with Crippen molar-refractivity contribution in [2.24, 2.45) is 0 Å². The third-order valence-electron chi connectivity index (χ3n) is 2.99. The van der Waals surface area contributed by atoms with Gasteiger partial charge in [0.15, 0.2) is 0 Å². The molecule has 0 aliphatic rings. The zero-order chi connectivity index (χ0) is 16.1. The molecule has 0 aliphatic heterocycles. The maximum atomic E-state index is 13.2. The summed E-state index contributed by atoms with van der Waals surface area (Å²) in [6, 6.07) is 8.88. The number of nitrogens with one attached hydrogen (secondary N) is 1. The lowest BCUT2D eigenvalue weighted by Crippen LogP contribution is -2.25. The average molecular weight is 306 g/mol. The molecule has 0 spiro atoms. The molecular weight excluding hydrogens is 294 g/mol. The molecule has 0 aliphatic carbocycles. The Hall–Kier alpha value is -2.83. The van der Waals surface area contributed by atoms with Crippen LogP contribution in [0, 0.1) is 21.7 Å². The number of nitro benzene ring substituents is 1. The summed E-state index contributed by atoms with van der Waals surface area (Å²) in [6.07, 6.45) is 0.410. The van der Waals surface area contributed by atoms with Gasteiger partial charge in [0.2, 0.25) is 5.82 Å². The molecule has 0 fully saturated rings. The Bertz CT molecular complexity index is 720. The number of carbonyl (C=O) groups is 1. The van der Waals surface area contributed by atoms with Crippen molar-refractivity contribution in [2.75, 3.05) is 6.54 Å². The third kappa shape index (κ3) is 3.85. The van der Waals surface area contributed by atoms with Crippen LogP contribution in [0.3, 0.4) is 0 Å². The predicted octanol–water partition coefficient (Wildman–Crippen LogP) is 2.85. The van der Waals surface area contributed by atoms with Crippen LogP contribution in [0.4, 0.5) is 14.5 Å². The van der Waals surface area contributed by atoms with Gasteiger partial charge in [0, 0.05) is 18.2 Å². The van der Waals surface area contributed by atoms with Crippen molar-refractivity contribution < 1.29 is 18.5 Å². The van der Waals surface area contributed by atoms with Gasteiger partial charge in [-0.2, -0.15) is 4.39 Å². The summed E-state index contributed by atoms with van der Waals surface area (Å²) in [5.74, 6) is -1.92. The standard InChI is InChI=1S/C15H12F2N2O3/c16-12-3-1-2-10(8-12)6-7-18-15(20)11-4-5-13(17)14(9-11)19(21)22/h1-5,8-9H,6-7H2,(H,18,20). The molecule has 0 heterocycles. The van der Waals surface area contributed by atoms with E-state index in [1.807, 2.05) is 0 Å². The zero-order valence-corrected chi connectivity index (χ0v) is 11.4. The zero-order valence-electron chi connectivity index (χ0n) is 11.4. The summed E-state index contributed by atoms with van der Waals surface area (Å²) in [6.45, 7) is 0.230. The van der Waals surface area contributed by atoms with Crippen LogP contribution in [0.2, 0.25) is 0 Å². The predicted molar refractivity (Wildman–Crippen MR) is 75.5 cm³/mol. The molecular formula is C15H12F2N2O3. The molecule has 5 nitrogen and oxygen atoms in total. The van der Waals surface area contributed by atoms with Crippen molar-refractivity contribution in [1.82, 2.24) is 5.32 Å². The second-order valence-corrected chi connectivity index (χ2v) is 4.56. The molecule has 1 N–H and O–H groups in total. The van der Waals surface area contributed by atoms with Crippen LogP contribution in [-0.4, -0.2) is 17.4 Å². The highest BCUT2D eigenvalue weighted by Gasteiger charge is 2.17. The molecule has 0 bridgehead atoms. The van der Waals surface area contributed by atoms with Gasteiger partial charge in [0.05, 0.1) is 4.92 Å². The second kappa shape index (κ2) is 6.75. The van der Waals surface area contributed by atoms with Crippen molar-refractivity contribution in [3.63, 3.8) is 0 Å². The molecule has 2 aromatic rings. The molecule has 0 saturated carbocycles. The fourth-order valence-corrected chi connectivity index (χ4v) is 1.91. The number of nitrogens with zero attached hydrogens (tertiary/aromatic N) is 1. The van der Waals surface area contributed by atoms with E-state index >= 15 is 0 Å². The Morgan fingerprint density at radius 1 is 1.18 bits per heavy atom. The SMILES string of the molecule is O=C(NCCc1cccc(F)c1)c1ccc(F)c([N+](=O)[O-])c1. The molecule has 0 radical (unpaired) electrons. The normalized spacial score (nSPS) is 10.3. The van der Waals surface area contributed by atoms with Gasteiger partial charge in [0.1, 0.15) is 5.82 Å². The molecule has 0 unspecified atom stereocenters. The Balaban J connectivity index is 1.98. The van der Waals surface area contributed by atoms with Gasteiger partial charge in [-0.1, -0.05) is 12.1 Å². The lowest BCUT2D eigenvalue weighted by Gasteiger charge is -2.06. The van der Waals surface area contributed by atoms with Crippen molar-refractivity contribution >= 4 is 11.6 Å². The number of rotatable bonds is 5. The Labute approximate surface area is 124 Å². The monoisotopic (exact) mass is 306 g/mol. The Morgan fingerprint density at radius 2 is 1.95 bits per heavy atom. The van der Waals surface area contributed by atoms with Crippen molar-refractivity contribution in [3.05, 3.63) is 75.3 Å². The van der Waals surface area contributed by atoms with Crippen molar-refractivity contribution in [3.8, 4) is 0 Å². The quantitative estimate of drug-likeness (QED) is 0.682. The summed E-state index contributed by atoms with van der Waals surface area (Å²) in [4.78, 5) is 21.6. The highest BCUT2D eigenvalue weighted by atomic mass is 19.1. The van der Waals surface area contributed by atoms with Crippen molar-refractivity contribution in [2.45, 2.75) is 6.42 Å². The van der Waals surface area contributed by atoms with E-state index in [9.17, 15) is 23.7 Å². The van der Waals surface area contributed by atoms with Gasteiger partial charge in [0.25, 0.3) is 5.91 Å². The number of nitro groups is 1. The van der Waals surface area contributed by atoms with E-state index < -0.39 is 22.3 Å². The van der Waals surface area contributed by atoms with Crippen LogP contribution >= 0.6 is 0 Å². The lowest BCUT2D eigenvalue weighted by molar-refractivity contribution is -0.387. The minimum absolute atomic E-state index is 0.00709. The van der Waals surface area contributed by atoms with E-state index in [1.165, 1.54) is 18.2 Å². The number of hydrogen-bond donors (Lipinski definition) is 1. The second-order valence-electron chi connectivity index (χ2n) is 4.56. The minimum Gasteiger partial charge on any atom is -0.352 e. The van der Waals surface area contributed by atoms with Gasteiger partial charge >= 0.3 is 5.69 Å². The molecule has 1 amide bonds. The van der Waals surface area contributed by atoms with Crippen molar-refractivity contribution in [1.29, 1.82) is 0 Å². The number of halogens is 2. The first-order valence-corrected chi connectivity index (χ1v) is 6.44. The first-order valence-electron chi connectivity index (χ1n) is 6.44. The van der Waals surface area contributed by atoms with E-state index in [-0.39, 0.29) is 17.9 Å². The molecule has 114 valence electrons. The minimum atomic E-state index is -0.999. The van der Waals surface area contributed by atoms with Crippen LogP contribution in [0.5, 0.6) is 0 Å². The number of amides is 1. The van der Waals surface area contributed by atoms with Crippen LogP contribution in [0.25, 0.3) is 0 Å². The molecule has 2 rings (SSSR count). The summed E-state index contributed by atoms with van der Waals surface area (Å²) in [7, 11) is 0. The van der Waals surface area contributed by atoms with E-state index in [0.29, 0.717) is 12.0 Å². The Morgan fingerprint density at radius 3 is 2.64 bits per heavy atom. The number of hydrogen-bond acceptors (Lipinski definition) is 3. The lowest BCUT2D eigenvalue weighted by atomic mass is 10.1. The van der Waals surface area contributed by atoms with E-state index in [1.54, 1.807) is 12.1 Å². The summed E-state index contributed by atoms with van der Waals surface area (Å²) in [5.41, 5.74) is -0.0458. The van der Waals surface area contributed by atoms with Gasteiger partial charge in [-0.15, -0.1) is 0 Å². The van der Waals surface area contributed by atoms with E-state index in [4.69, 9.17) is 0 Å². The summed E-state index contributed by atoms with van der Waals surface area (Å²) < 4.78 is 26.2. The molecule has 0 aromatic heterocycles. The third-order valence-corrected chi connectivity index (χ3v) is 2.99. The molecule has 0 saturated heterocycles. The average Bonchev–Trinajstić information content (AvgIpc) is 2.47.